The first-order chi connectivity index (χ1) is 10.0. The van der Waals surface area contributed by atoms with Gasteiger partial charge in [-0.15, -0.1) is 0 Å². The van der Waals surface area contributed by atoms with E-state index in [1.165, 1.54) is 18.2 Å². The van der Waals surface area contributed by atoms with Gasteiger partial charge in [-0.3, -0.25) is 14.9 Å². The van der Waals surface area contributed by atoms with E-state index in [2.05, 4.69) is 5.32 Å². The zero-order valence-electron chi connectivity index (χ0n) is 11.6. The van der Waals surface area contributed by atoms with Crippen molar-refractivity contribution in [2.75, 3.05) is 11.9 Å². The normalized spacial score (nSPS) is 14.1. The molecule has 0 heterocycles. The molecule has 1 aromatic rings. The molecule has 0 radical (unpaired) electrons. The molecule has 1 aliphatic rings. The number of carbonyl (C=O) groups excluding carboxylic acids is 2. The molecule has 0 aliphatic heterocycles. The molecule has 0 saturated heterocycles. The maximum atomic E-state index is 11.9. The van der Waals surface area contributed by atoms with Crippen LogP contribution in [0.3, 0.4) is 0 Å². The standard InChI is InChI=1S/C14H16N2O5/c1-2-21-14(18)10-6-7-12(16(19)20)11(8-10)15-13(17)9-4-3-5-9/h6-9H,2-5H2,1H3,(H,15,17). The number of nitro groups is 1. The summed E-state index contributed by atoms with van der Waals surface area (Å²) in [7, 11) is 0. The number of hydrogen-bond donors (Lipinski definition) is 1. The van der Waals surface area contributed by atoms with Crippen molar-refractivity contribution < 1.29 is 19.2 Å². The van der Waals surface area contributed by atoms with Crippen LogP contribution in [0.2, 0.25) is 0 Å². The van der Waals surface area contributed by atoms with Crippen molar-refractivity contribution in [1.29, 1.82) is 0 Å². The van der Waals surface area contributed by atoms with Crippen molar-refractivity contribution in [1.82, 2.24) is 0 Å². The molecule has 1 amide bonds. The highest BCUT2D eigenvalue weighted by Crippen LogP contribution is 2.30. The van der Waals surface area contributed by atoms with Gasteiger partial charge in [-0.05, 0) is 31.9 Å². The summed E-state index contributed by atoms with van der Waals surface area (Å²) >= 11 is 0. The van der Waals surface area contributed by atoms with Crippen LogP contribution in [0.4, 0.5) is 11.4 Å². The number of ether oxygens (including phenoxy) is 1. The van der Waals surface area contributed by atoms with E-state index in [4.69, 9.17) is 4.74 Å². The minimum atomic E-state index is -0.592. The molecule has 0 spiro atoms. The second kappa shape index (κ2) is 6.34. The summed E-state index contributed by atoms with van der Waals surface area (Å²) in [5.41, 5.74) is -0.0375. The number of amides is 1. The van der Waals surface area contributed by atoms with E-state index in [1.807, 2.05) is 0 Å². The molecule has 0 atom stereocenters. The summed E-state index contributed by atoms with van der Waals surface area (Å²) < 4.78 is 4.85. The highest BCUT2D eigenvalue weighted by Gasteiger charge is 2.27. The summed E-state index contributed by atoms with van der Waals surface area (Å²) in [6.45, 7) is 1.88. The average Bonchev–Trinajstić information content (AvgIpc) is 2.36. The SMILES string of the molecule is CCOC(=O)c1ccc([N+](=O)[O-])c(NC(=O)C2CCC2)c1. The number of nitrogens with zero attached hydrogens (tertiary/aromatic N) is 1. The lowest BCUT2D eigenvalue weighted by Gasteiger charge is -2.24. The molecule has 1 saturated carbocycles. The van der Waals surface area contributed by atoms with E-state index in [9.17, 15) is 19.7 Å². The Morgan fingerprint density at radius 3 is 2.67 bits per heavy atom. The maximum Gasteiger partial charge on any atom is 0.338 e. The monoisotopic (exact) mass is 292 g/mol. The van der Waals surface area contributed by atoms with Gasteiger partial charge in [-0.2, -0.15) is 0 Å². The van der Waals surface area contributed by atoms with E-state index in [0.29, 0.717) is 0 Å². The molecule has 7 nitrogen and oxygen atoms in total. The summed E-state index contributed by atoms with van der Waals surface area (Å²) in [6.07, 6.45) is 2.57. The van der Waals surface area contributed by atoms with Crippen LogP contribution in [-0.2, 0) is 9.53 Å². The van der Waals surface area contributed by atoms with Gasteiger partial charge in [0.1, 0.15) is 5.69 Å². The van der Waals surface area contributed by atoms with Crippen molar-refractivity contribution in [2.24, 2.45) is 5.92 Å². The first-order valence-electron chi connectivity index (χ1n) is 6.79. The van der Waals surface area contributed by atoms with E-state index >= 15 is 0 Å². The zero-order chi connectivity index (χ0) is 15.4. The van der Waals surface area contributed by atoms with Crippen LogP contribution in [0.5, 0.6) is 0 Å². The Morgan fingerprint density at radius 2 is 2.14 bits per heavy atom. The Balaban J connectivity index is 2.25. The van der Waals surface area contributed by atoms with Crippen molar-refractivity contribution in [3.63, 3.8) is 0 Å². The van der Waals surface area contributed by atoms with Gasteiger partial charge in [-0.1, -0.05) is 6.42 Å². The van der Waals surface area contributed by atoms with Gasteiger partial charge in [0.15, 0.2) is 0 Å². The average molecular weight is 292 g/mol. The lowest BCUT2D eigenvalue weighted by atomic mass is 9.85. The molecule has 7 heteroatoms. The van der Waals surface area contributed by atoms with Gasteiger partial charge in [0.25, 0.3) is 5.69 Å². The number of hydrogen-bond acceptors (Lipinski definition) is 5. The molecule has 1 aromatic carbocycles. The number of nitro benzene ring substituents is 1. The molecule has 1 N–H and O–H groups in total. The van der Waals surface area contributed by atoms with E-state index in [-0.39, 0.29) is 35.4 Å². The fourth-order valence-corrected chi connectivity index (χ4v) is 2.04. The van der Waals surface area contributed by atoms with E-state index in [0.717, 1.165) is 19.3 Å². The molecule has 112 valence electrons. The molecule has 0 unspecified atom stereocenters. The summed E-state index contributed by atoms with van der Waals surface area (Å²) in [4.78, 5) is 34.0. The van der Waals surface area contributed by atoms with E-state index in [1.54, 1.807) is 6.92 Å². The van der Waals surface area contributed by atoms with Crippen LogP contribution in [-0.4, -0.2) is 23.4 Å². The third-order valence-electron chi connectivity index (χ3n) is 3.44. The number of benzene rings is 1. The van der Waals surface area contributed by atoms with Gasteiger partial charge in [0.05, 0.1) is 17.1 Å². The molecule has 2 rings (SSSR count). The van der Waals surface area contributed by atoms with Gasteiger partial charge in [0, 0.05) is 12.0 Å². The highest BCUT2D eigenvalue weighted by atomic mass is 16.6. The number of anilines is 1. The maximum absolute atomic E-state index is 11.9. The third-order valence-corrected chi connectivity index (χ3v) is 3.44. The second-order valence-electron chi connectivity index (χ2n) is 4.83. The smallest absolute Gasteiger partial charge is 0.338 e. The van der Waals surface area contributed by atoms with Crippen LogP contribution in [0, 0.1) is 16.0 Å². The number of esters is 1. The van der Waals surface area contributed by atoms with Gasteiger partial charge < -0.3 is 10.1 Å². The topological polar surface area (TPSA) is 98.5 Å². The Bertz CT molecular complexity index is 581. The van der Waals surface area contributed by atoms with E-state index < -0.39 is 10.9 Å². The molecular weight excluding hydrogens is 276 g/mol. The molecular formula is C14H16N2O5. The minimum Gasteiger partial charge on any atom is -0.462 e. The quantitative estimate of drug-likeness (QED) is 0.510. The lowest BCUT2D eigenvalue weighted by Crippen LogP contribution is -2.28. The predicted molar refractivity (Wildman–Crippen MR) is 75.0 cm³/mol. The molecule has 0 bridgehead atoms. The van der Waals surface area contributed by atoms with Crippen LogP contribution in [0.15, 0.2) is 18.2 Å². The number of carbonyl (C=O) groups is 2. The fourth-order valence-electron chi connectivity index (χ4n) is 2.04. The largest absolute Gasteiger partial charge is 0.462 e. The summed E-state index contributed by atoms with van der Waals surface area (Å²) in [5, 5.41) is 13.5. The predicted octanol–water partition coefficient (Wildman–Crippen LogP) is 2.51. The van der Waals surface area contributed by atoms with Gasteiger partial charge in [0.2, 0.25) is 5.91 Å². The van der Waals surface area contributed by atoms with Crippen molar-refractivity contribution in [2.45, 2.75) is 26.2 Å². The Kier molecular flexibility index (Phi) is 4.52. The lowest BCUT2D eigenvalue weighted by molar-refractivity contribution is -0.383. The molecule has 1 aliphatic carbocycles. The van der Waals surface area contributed by atoms with Crippen LogP contribution < -0.4 is 5.32 Å². The number of rotatable bonds is 5. The summed E-state index contributed by atoms with van der Waals surface area (Å²) in [6, 6.07) is 3.80. The third kappa shape index (κ3) is 3.36. The highest BCUT2D eigenvalue weighted by molar-refractivity contribution is 5.98. The number of nitrogens with one attached hydrogen (secondary N) is 1. The fraction of sp³-hybridized carbons (Fsp3) is 0.429. The van der Waals surface area contributed by atoms with Gasteiger partial charge in [-0.25, -0.2) is 4.79 Å². The van der Waals surface area contributed by atoms with Crippen LogP contribution >= 0.6 is 0 Å². The van der Waals surface area contributed by atoms with Crippen molar-refractivity contribution in [3.05, 3.63) is 33.9 Å². The summed E-state index contributed by atoms with van der Waals surface area (Å²) in [5.74, 6) is -0.923. The van der Waals surface area contributed by atoms with Crippen molar-refractivity contribution in [3.8, 4) is 0 Å². The molecule has 21 heavy (non-hydrogen) atoms. The molecule has 1 fully saturated rings. The Morgan fingerprint density at radius 1 is 1.43 bits per heavy atom. The Labute approximate surface area is 121 Å². The van der Waals surface area contributed by atoms with Crippen LogP contribution in [0.1, 0.15) is 36.5 Å². The van der Waals surface area contributed by atoms with Crippen LogP contribution in [0.25, 0.3) is 0 Å². The molecule has 0 aromatic heterocycles. The first-order valence-corrected chi connectivity index (χ1v) is 6.79. The van der Waals surface area contributed by atoms with Gasteiger partial charge >= 0.3 is 5.97 Å². The first kappa shape index (κ1) is 15.0. The zero-order valence-corrected chi connectivity index (χ0v) is 11.6. The Hall–Kier alpha value is -2.44. The second-order valence-corrected chi connectivity index (χ2v) is 4.83. The minimum absolute atomic E-state index is 0.0300. The van der Waals surface area contributed by atoms with Crippen molar-refractivity contribution >= 4 is 23.3 Å².